The highest BCUT2D eigenvalue weighted by Gasteiger charge is 2.15. The highest BCUT2D eigenvalue weighted by Crippen LogP contribution is 2.14. The molecule has 6 nitrogen and oxygen atoms in total. The van der Waals surface area contributed by atoms with Crippen molar-refractivity contribution in [2.45, 2.75) is 45.7 Å². The molecule has 2 aromatic rings. The van der Waals surface area contributed by atoms with Crippen molar-refractivity contribution in [2.24, 2.45) is 0 Å². The standard InChI is InChI=1S/C14H21N5O/c1-10(2)14-18-17-13(20-14)9-19(4)11(3)7-12-8-15-5-6-16-12/h5-6,8,10-11H,7,9H2,1-4H3/t11-/m1/s1. The van der Waals surface area contributed by atoms with E-state index in [9.17, 15) is 0 Å². The zero-order chi connectivity index (χ0) is 14.5. The topological polar surface area (TPSA) is 67.9 Å². The second kappa shape index (κ2) is 6.56. The van der Waals surface area contributed by atoms with E-state index in [1.807, 2.05) is 20.9 Å². The maximum Gasteiger partial charge on any atom is 0.230 e. The molecule has 0 amide bonds. The minimum atomic E-state index is 0.263. The van der Waals surface area contributed by atoms with Crippen LogP contribution in [-0.4, -0.2) is 38.2 Å². The molecule has 2 rings (SSSR count). The highest BCUT2D eigenvalue weighted by atomic mass is 16.4. The van der Waals surface area contributed by atoms with Crippen molar-refractivity contribution in [1.82, 2.24) is 25.1 Å². The molecule has 0 aliphatic rings. The third kappa shape index (κ3) is 3.84. The van der Waals surface area contributed by atoms with Crippen molar-refractivity contribution in [2.75, 3.05) is 7.05 Å². The molecule has 0 aliphatic heterocycles. The number of hydrogen-bond acceptors (Lipinski definition) is 6. The van der Waals surface area contributed by atoms with E-state index in [2.05, 4.69) is 32.0 Å². The van der Waals surface area contributed by atoms with Gasteiger partial charge < -0.3 is 4.42 Å². The Balaban J connectivity index is 1.91. The summed E-state index contributed by atoms with van der Waals surface area (Å²) in [7, 11) is 2.04. The van der Waals surface area contributed by atoms with Crippen LogP contribution >= 0.6 is 0 Å². The molecule has 2 aromatic heterocycles. The molecule has 0 N–H and O–H groups in total. The van der Waals surface area contributed by atoms with E-state index in [4.69, 9.17) is 4.42 Å². The Morgan fingerprint density at radius 1 is 1.20 bits per heavy atom. The van der Waals surface area contributed by atoms with Crippen molar-refractivity contribution < 1.29 is 4.42 Å². The number of likely N-dealkylation sites (N-methyl/N-ethyl adjacent to an activating group) is 1. The van der Waals surface area contributed by atoms with Crippen molar-refractivity contribution in [3.63, 3.8) is 0 Å². The minimum Gasteiger partial charge on any atom is -0.424 e. The molecule has 0 aliphatic carbocycles. The van der Waals surface area contributed by atoms with Crippen LogP contribution < -0.4 is 0 Å². The molecular formula is C14H21N5O. The van der Waals surface area contributed by atoms with E-state index in [0.29, 0.717) is 24.4 Å². The van der Waals surface area contributed by atoms with Crippen LogP contribution in [0.15, 0.2) is 23.0 Å². The Hall–Kier alpha value is -1.82. The van der Waals surface area contributed by atoms with Gasteiger partial charge in [-0.15, -0.1) is 10.2 Å². The van der Waals surface area contributed by atoms with Gasteiger partial charge in [0.1, 0.15) is 0 Å². The van der Waals surface area contributed by atoms with Crippen LogP contribution in [0, 0.1) is 0 Å². The van der Waals surface area contributed by atoms with Crippen molar-refractivity contribution in [1.29, 1.82) is 0 Å². The first kappa shape index (κ1) is 14.6. The van der Waals surface area contributed by atoms with E-state index in [1.54, 1.807) is 18.6 Å². The van der Waals surface area contributed by atoms with Crippen LogP contribution in [0.1, 0.15) is 44.2 Å². The molecule has 108 valence electrons. The number of rotatable bonds is 6. The van der Waals surface area contributed by atoms with Crippen molar-refractivity contribution in [3.8, 4) is 0 Å². The molecule has 0 unspecified atom stereocenters. The van der Waals surface area contributed by atoms with Gasteiger partial charge in [-0.3, -0.25) is 14.9 Å². The van der Waals surface area contributed by atoms with E-state index >= 15 is 0 Å². The molecular weight excluding hydrogens is 254 g/mol. The maximum absolute atomic E-state index is 5.62. The fourth-order valence-corrected chi connectivity index (χ4v) is 1.83. The molecule has 0 bridgehead atoms. The molecule has 6 heteroatoms. The predicted octanol–water partition coefficient (Wildman–Crippen LogP) is 2.05. The Morgan fingerprint density at radius 3 is 2.60 bits per heavy atom. The van der Waals surface area contributed by atoms with Gasteiger partial charge in [-0.05, 0) is 14.0 Å². The van der Waals surface area contributed by atoms with Crippen molar-refractivity contribution >= 4 is 0 Å². The Labute approximate surface area is 119 Å². The van der Waals surface area contributed by atoms with Crippen molar-refractivity contribution in [3.05, 3.63) is 36.1 Å². The van der Waals surface area contributed by atoms with Gasteiger partial charge in [0, 0.05) is 37.0 Å². The smallest absolute Gasteiger partial charge is 0.230 e. The lowest BCUT2D eigenvalue weighted by atomic mass is 10.1. The van der Waals surface area contributed by atoms with E-state index in [0.717, 1.165) is 12.1 Å². The summed E-state index contributed by atoms with van der Waals surface area (Å²) in [6.07, 6.45) is 6.04. The number of nitrogens with zero attached hydrogens (tertiary/aromatic N) is 5. The van der Waals surface area contributed by atoms with Crippen LogP contribution in [-0.2, 0) is 13.0 Å². The first-order valence-corrected chi connectivity index (χ1v) is 6.83. The van der Waals surface area contributed by atoms with Gasteiger partial charge in [-0.25, -0.2) is 0 Å². The normalized spacial score (nSPS) is 13.1. The molecule has 1 atom stereocenters. The van der Waals surface area contributed by atoms with E-state index < -0.39 is 0 Å². The molecule has 0 saturated carbocycles. The second-order valence-electron chi connectivity index (χ2n) is 5.35. The second-order valence-corrected chi connectivity index (χ2v) is 5.35. The average molecular weight is 275 g/mol. The van der Waals surface area contributed by atoms with Crippen LogP contribution in [0.5, 0.6) is 0 Å². The molecule has 0 radical (unpaired) electrons. The highest BCUT2D eigenvalue weighted by molar-refractivity contribution is 4.97. The summed E-state index contributed by atoms with van der Waals surface area (Å²) >= 11 is 0. The summed E-state index contributed by atoms with van der Waals surface area (Å²) in [5.41, 5.74) is 0.986. The van der Waals surface area contributed by atoms with Crippen LogP contribution in [0.3, 0.4) is 0 Å². The lowest BCUT2D eigenvalue weighted by molar-refractivity contribution is 0.220. The van der Waals surface area contributed by atoms with Gasteiger partial charge in [0.15, 0.2) is 0 Å². The lowest BCUT2D eigenvalue weighted by Crippen LogP contribution is -2.30. The minimum absolute atomic E-state index is 0.263. The van der Waals surface area contributed by atoms with Crippen LogP contribution in [0.25, 0.3) is 0 Å². The Bertz CT molecular complexity index is 525. The molecule has 0 aromatic carbocycles. The van der Waals surface area contributed by atoms with Gasteiger partial charge in [0.2, 0.25) is 11.8 Å². The third-order valence-electron chi connectivity index (χ3n) is 3.23. The lowest BCUT2D eigenvalue weighted by Gasteiger charge is -2.22. The summed E-state index contributed by atoms with van der Waals surface area (Å²) in [4.78, 5) is 10.5. The van der Waals surface area contributed by atoms with Gasteiger partial charge in [-0.2, -0.15) is 0 Å². The van der Waals surface area contributed by atoms with E-state index in [-0.39, 0.29) is 5.92 Å². The molecule has 20 heavy (non-hydrogen) atoms. The first-order chi connectivity index (χ1) is 9.56. The SMILES string of the molecule is CC(C)c1nnc(CN(C)[C@H](C)Cc2cnccn2)o1. The Morgan fingerprint density at radius 2 is 2.00 bits per heavy atom. The van der Waals surface area contributed by atoms with Crippen LogP contribution in [0.2, 0.25) is 0 Å². The Kier molecular flexibility index (Phi) is 4.79. The van der Waals surface area contributed by atoms with E-state index in [1.165, 1.54) is 0 Å². The third-order valence-corrected chi connectivity index (χ3v) is 3.23. The zero-order valence-corrected chi connectivity index (χ0v) is 12.4. The number of aromatic nitrogens is 4. The largest absolute Gasteiger partial charge is 0.424 e. The van der Waals surface area contributed by atoms with Gasteiger partial charge in [0.05, 0.1) is 12.2 Å². The fourth-order valence-electron chi connectivity index (χ4n) is 1.83. The molecule has 0 saturated heterocycles. The maximum atomic E-state index is 5.62. The molecule has 0 spiro atoms. The predicted molar refractivity (Wildman–Crippen MR) is 75.1 cm³/mol. The summed E-state index contributed by atoms with van der Waals surface area (Å²) in [5, 5.41) is 8.13. The molecule has 0 fully saturated rings. The summed E-state index contributed by atoms with van der Waals surface area (Å²) in [5.74, 6) is 1.61. The first-order valence-electron chi connectivity index (χ1n) is 6.83. The van der Waals surface area contributed by atoms with Gasteiger partial charge in [-0.1, -0.05) is 13.8 Å². The van der Waals surface area contributed by atoms with Gasteiger partial charge >= 0.3 is 0 Å². The fraction of sp³-hybridized carbons (Fsp3) is 0.571. The summed E-state index contributed by atoms with van der Waals surface area (Å²) in [6, 6.07) is 0.320. The monoisotopic (exact) mass is 275 g/mol. The quantitative estimate of drug-likeness (QED) is 0.803. The molecule has 2 heterocycles. The summed E-state index contributed by atoms with van der Waals surface area (Å²) in [6.45, 7) is 6.87. The number of hydrogen-bond donors (Lipinski definition) is 0. The average Bonchev–Trinajstić information content (AvgIpc) is 2.88. The zero-order valence-electron chi connectivity index (χ0n) is 12.4. The van der Waals surface area contributed by atoms with Crippen LogP contribution in [0.4, 0.5) is 0 Å². The van der Waals surface area contributed by atoms with Gasteiger partial charge in [0.25, 0.3) is 0 Å². The summed E-state index contributed by atoms with van der Waals surface area (Å²) < 4.78 is 5.62.